The lowest BCUT2D eigenvalue weighted by atomic mass is 10.1. The Labute approximate surface area is 113 Å². The molecular weight excluding hydrogens is 250 g/mol. The van der Waals surface area contributed by atoms with Crippen LogP contribution in [0, 0.1) is 0 Å². The zero-order valence-electron chi connectivity index (χ0n) is 11.7. The van der Waals surface area contributed by atoms with Crippen LogP contribution in [-0.2, 0) is 6.54 Å². The zero-order chi connectivity index (χ0) is 14.5. The molecule has 0 radical (unpaired) electrons. The molecule has 0 fully saturated rings. The molecule has 0 aliphatic heterocycles. The second-order valence-electron chi connectivity index (χ2n) is 5.38. The molecule has 0 aliphatic rings. The van der Waals surface area contributed by atoms with Crippen molar-refractivity contribution in [2.45, 2.75) is 25.5 Å². The number of rotatable bonds is 7. The third kappa shape index (κ3) is 6.09. The van der Waals surface area contributed by atoms with Crippen molar-refractivity contribution >= 4 is 0 Å². The summed E-state index contributed by atoms with van der Waals surface area (Å²) in [5.41, 5.74) is -0.0260. The molecule has 0 saturated carbocycles. The maximum absolute atomic E-state index is 12.5. The van der Waals surface area contributed by atoms with Gasteiger partial charge in [0, 0.05) is 25.2 Å². The van der Waals surface area contributed by atoms with Crippen molar-refractivity contribution < 1.29 is 13.9 Å². The van der Waals surface area contributed by atoms with Crippen molar-refractivity contribution in [1.29, 1.82) is 0 Å². The van der Waals surface area contributed by atoms with E-state index in [4.69, 9.17) is 0 Å². The average Bonchev–Trinajstić information content (AvgIpc) is 2.27. The number of hydrogen-bond acceptors (Lipinski definition) is 3. The van der Waals surface area contributed by atoms with Gasteiger partial charge in [0.15, 0.2) is 0 Å². The van der Waals surface area contributed by atoms with Crippen LogP contribution in [0.1, 0.15) is 24.5 Å². The molecule has 1 aromatic carbocycles. The summed E-state index contributed by atoms with van der Waals surface area (Å²) in [6.07, 6.45) is -2.45. The first-order chi connectivity index (χ1) is 8.80. The lowest BCUT2D eigenvalue weighted by Crippen LogP contribution is -2.45. The number of nitrogens with zero attached hydrogens (tertiary/aromatic N) is 1. The summed E-state index contributed by atoms with van der Waals surface area (Å²) in [4.78, 5) is 1.90. The van der Waals surface area contributed by atoms with Crippen molar-refractivity contribution in [3.8, 4) is 0 Å². The summed E-state index contributed by atoms with van der Waals surface area (Å²) in [7, 11) is 3.78. The van der Waals surface area contributed by atoms with Gasteiger partial charge in [0.1, 0.15) is 0 Å². The summed E-state index contributed by atoms with van der Waals surface area (Å²) < 4.78 is 25.1. The molecule has 0 aromatic heterocycles. The summed E-state index contributed by atoms with van der Waals surface area (Å²) in [5, 5.41) is 13.2. The highest BCUT2D eigenvalue weighted by Gasteiger charge is 2.20. The van der Waals surface area contributed by atoms with E-state index < -0.39 is 12.0 Å². The van der Waals surface area contributed by atoms with E-state index in [-0.39, 0.29) is 5.56 Å². The van der Waals surface area contributed by atoms with Crippen LogP contribution in [0.25, 0.3) is 0 Å². The fourth-order valence-corrected chi connectivity index (χ4v) is 2.05. The van der Waals surface area contributed by atoms with E-state index in [1.54, 1.807) is 19.1 Å². The highest BCUT2D eigenvalue weighted by Crippen LogP contribution is 2.19. The number of hydrogen-bond donors (Lipinski definition) is 2. The van der Waals surface area contributed by atoms with Crippen LogP contribution in [0.2, 0.25) is 0 Å². The van der Waals surface area contributed by atoms with Crippen molar-refractivity contribution in [3.05, 3.63) is 35.4 Å². The first kappa shape index (κ1) is 16.0. The molecule has 1 atom stereocenters. The van der Waals surface area contributed by atoms with Gasteiger partial charge in [-0.3, -0.25) is 0 Å². The normalized spacial score (nSPS) is 14.9. The molecule has 5 heteroatoms. The van der Waals surface area contributed by atoms with E-state index in [9.17, 15) is 13.9 Å². The van der Waals surface area contributed by atoms with Crippen LogP contribution >= 0.6 is 0 Å². The van der Waals surface area contributed by atoms with Gasteiger partial charge in [-0.25, -0.2) is 8.78 Å². The molecule has 0 amide bonds. The minimum Gasteiger partial charge on any atom is -0.388 e. The van der Waals surface area contributed by atoms with Gasteiger partial charge in [-0.15, -0.1) is 0 Å². The van der Waals surface area contributed by atoms with Gasteiger partial charge in [0.25, 0.3) is 6.43 Å². The lowest BCUT2D eigenvalue weighted by Gasteiger charge is -2.27. The first-order valence-electron chi connectivity index (χ1n) is 6.25. The third-order valence-electron chi connectivity index (χ3n) is 2.69. The number of benzene rings is 1. The standard InChI is InChI=1S/C14H22F2N2O/c1-14(19,10-18(2)3)9-17-8-11-5-4-6-12(7-11)13(15)16/h4-7,13,17,19H,8-10H2,1-3H3. The maximum atomic E-state index is 12.5. The average molecular weight is 272 g/mol. The molecule has 1 rings (SSSR count). The Bertz CT molecular complexity index is 395. The van der Waals surface area contributed by atoms with Gasteiger partial charge in [0.2, 0.25) is 0 Å². The molecule has 1 unspecified atom stereocenters. The Hall–Kier alpha value is -1.04. The molecule has 3 nitrogen and oxygen atoms in total. The van der Waals surface area contributed by atoms with Gasteiger partial charge in [-0.2, -0.15) is 0 Å². The lowest BCUT2D eigenvalue weighted by molar-refractivity contribution is 0.0336. The number of alkyl halides is 2. The van der Waals surface area contributed by atoms with Gasteiger partial charge in [-0.1, -0.05) is 18.2 Å². The zero-order valence-corrected chi connectivity index (χ0v) is 11.7. The molecule has 0 saturated heterocycles. The van der Waals surface area contributed by atoms with Crippen LogP contribution in [0.4, 0.5) is 8.78 Å². The van der Waals surface area contributed by atoms with Crippen LogP contribution < -0.4 is 5.32 Å². The molecule has 1 aromatic rings. The molecule has 0 heterocycles. The Kier molecular flexibility index (Phi) is 5.85. The summed E-state index contributed by atoms with van der Waals surface area (Å²) >= 11 is 0. The van der Waals surface area contributed by atoms with Crippen molar-refractivity contribution in [1.82, 2.24) is 10.2 Å². The summed E-state index contributed by atoms with van der Waals surface area (Å²) in [6.45, 7) is 3.15. The molecule has 108 valence electrons. The fraction of sp³-hybridized carbons (Fsp3) is 0.571. The smallest absolute Gasteiger partial charge is 0.263 e. The largest absolute Gasteiger partial charge is 0.388 e. The number of nitrogens with one attached hydrogen (secondary N) is 1. The Morgan fingerprint density at radius 2 is 2.05 bits per heavy atom. The van der Waals surface area contributed by atoms with Crippen molar-refractivity contribution in [3.63, 3.8) is 0 Å². The van der Waals surface area contributed by atoms with Crippen LogP contribution in [0.3, 0.4) is 0 Å². The van der Waals surface area contributed by atoms with E-state index in [2.05, 4.69) is 5.32 Å². The molecule has 0 aliphatic carbocycles. The SMILES string of the molecule is CN(C)CC(C)(O)CNCc1cccc(C(F)F)c1. The van der Waals surface area contributed by atoms with E-state index in [0.29, 0.717) is 19.6 Å². The predicted octanol–water partition coefficient (Wildman–Crippen LogP) is 2.03. The Morgan fingerprint density at radius 3 is 2.63 bits per heavy atom. The van der Waals surface area contributed by atoms with E-state index in [1.165, 1.54) is 12.1 Å². The summed E-state index contributed by atoms with van der Waals surface area (Å²) in [5.74, 6) is 0. The second-order valence-corrected chi connectivity index (χ2v) is 5.38. The highest BCUT2D eigenvalue weighted by molar-refractivity contribution is 5.24. The van der Waals surface area contributed by atoms with E-state index >= 15 is 0 Å². The van der Waals surface area contributed by atoms with E-state index in [1.807, 2.05) is 19.0 Å². The number of halogens is 2. The fourth-order valence-electron chi connectivity index (χ4n) is 2.05. The van der Waals surface area contributed by atoms with Crippen molar-refractivity contribution in [2.24, 2.45) is 0 Å². The van der Waals surface area contributed by atoms with Crippen molar-refractivity contribution in [2.75, 3.05) is 27.2 Å². The number of aliphatic hydroxyl groups is 1. The topological polar surface area (TPSA) is 35.5 Å². The van der Waals surface area contributed by atoms with Crippen LogP contribution in [-0.4, -0.2) is 42.8 Å². The molecule has 0 bridgehead atoms. The second kappa shape index (κ2) is 6.93. The quantitative estimate of drug-likeness (QED) is 0.797. The van der Waals surface area contributed by atoms with Crippen LogP contribution in [0.15, 0.2) is 24.3 Å². The molecule has 19 heavy (non-hydrogen) atoms. The Balaban J connectivity index is 2.47. The number of likely N-dealkylation sites (N-methyl/N-ethyl adjacent to an activating group) is 1. The minimum atomic E-state index is -2.45. The van der Waals surface area contributed by atoms with Gasteiger partial charge < -0.3 is 15.3 Å². The predicted molar refractivity (Wildman–Crippen MR) is 72.3 cm³/mol. The monoisotopic (exact) mass is 272 g/mol. The molecule has 2 N–H and O–H groups in total. The molecular formula is C14H22F2N2O. The van der Waals surface area contributed by atoms with Crippen LogP contribution in [0.5, 0.6) is 0 Å². The maximum Gasteiger partial charge on any atom is 0.263 e. The van der Waals surface area contributed by atoms with Gasteiger partial charge in [0.05, 0.1) is 5.60 Å². The minimum absolute atomic E-state index is 0.0272. The highest BCUT2D eigenvalue weighted by atomic mass is 19.3. The summed E-state index contributed by atoms with van der Waals surface area (Å²) in [6, 6.07) is 6.31. The van der Waals surface area contributed by atoms with Gasteiger partial charge in [-0.05, 0) is 32.6 Å². The molecule has 0 spiro atoms. The van der Waals surface area contributed by atoms with E-state index in [0.717, 1.165) is 5.56 Å². The Morgan fingerprint density at radius 1 is 1.37 bits per heavy atom. The van der Waals surface area contributed by atoms with Gasteiger partial charge >= 0.3 is 0 Å². The third-order valence-corrected chi connectivity index (χ3v) is 2.69. The first-order valence-corrected chi connectivity index (χ1v) is 6.25.